The van der Waals surface area contributed by atoms with Crippen LogP contribution in [0.4, 0.5) is 5.69 Å². The van der Waals surface area contributed by atoms with Gasteiger partial charge in [0, 0.05) is 18.2 Å². The van der Waals surface area contributed by atoms with Gasteiger partial charge in [-0.15, -0.1) is 0 Å². The molecule has 5 heteroatoms. The van der Waals surface area contributed by atoms with E-state index in [9.17, 15) is 15.2 Å². The molecule has 3 N–H and O–H groups in total. The zero-order valence-electron chi connectivity index (χ0n) is 7.80. The average Bonchev–Trinajstić information content (AvgIpc) is 2.15. The fourth-order valence-corrected chi connectivity index (χ4v) is 1.23. The Labute approximate surface area is 81.3 Å². The fourth-order valence-electron chi connectivity index (χ4n) is 1.23. The van der Waals surface area contributed by atoms with Crippen LogP contribution in [-0.4, -0.2) is 16.6 Å². The number of rotatable bonds is 3. The van der Waals surface area contributed by atoms with E-state index in [1.807, 2.05) is 0 Å². The zero-order chi connectivity index (χ0) is 10.7. The number of nitrogens with zero attached hydrogens (tertiary/aromatic N) is 1. The second kappa shape index (κ2) is 4.17. The lowest BCUT2D eigenvalue weighted by molar-refractivity contribution is -0.385. The molecule has 14 heavy (non-hydrogen) atoms. The molecule has 1 rings (SSSR count). The molecule has 1 aromatic rings. The molecule has 0 fully saturated rings. The highest BCUT2D eigenvalue weighted by molar-refractivity contribution is 5.42. The second-order valence-corrected chi connectivity index (χ2v) is 3.05. The Hall–Kier alpha value is -1.46. The van der Waals surface area contributed by atoms with Crippen LogP contribution < -0.4 is 5.73 Å². The molecule has 76 valence electrons. The summed E-state index contributed by atoms with van der Waals surface area (Å²) in [6.45, 7) is 1.74. The zero-order valence-corrected chi connectivity index (χ0v) is 7.80. The maximum atomic E-state index is 10.5. The van der Waals surface area contributed by atoms with Crippen LogP contribution in [-0.2, 0) is 0 Å². The van der Waals surface area contributed by atoms with Crippen LogP contribution in [0.15, 0.2) is 18.2 Å². The van der Waals surface area contributed by atoms with Crippen molar-refractivity contribution >= 4 is 5.69 Å². The lowest BCUT2D eigenvalue weighted by Gasteiger charge is -2.08. The van der Waals surface area contributed by atoms with Gasteiger partial charge in [0.25, 0.3) is 5.69 Å². The largest absolute Gasteiger partial charge is 0.387 e. The van der Waals surface area contributed by atoms with Crippen LogP contribution in [0.1, 0.15) is 17.2 Å². The van der Waals surface area contributed by atoms with Crippen molar-refractivity contribution in [3.05, 3.63) is 39.4 Å². The van der Waals surface area contributed by atoms with Crippen molar-refractivity contribution in [3.63, 3.8) is 0 Å². The van der Waals surface area contributed by atoms with Gasteiger partial charge >= 0.3 is 0 Å². The van der Waals surface area contributed by atoms with Gasteiger partial charge in [-0.2, -0.15) is 0 Å². The Morgan fingerprint density at radius 2 is 2.29 bits per heavy atom. The molecule has 0 spiro atoms. The Morgan fingerprint density at radius 3 is 2.71 bits per heavy atom. The predicted octanol–water partition coefficient (Wildman–Crippen LogP) is 0.895. The minimum Gasteiger partial charge on any atom is -0.387 e. The number of aliphatic hydroxyl groups excluding tert-OH is 1. The highest BCUT2D eigenvalue weighted by atomic mass is 16.6. The number of hydrogen-bond donors (Lipinski definition) is 2. The molecular weight excluding hydrogens is 184 g/mol. The summed E-state index contributed by atoms with van der Waals surface area (Å²) in [5, 5.41) is 19.9. The van der Waals surface area contributed by atoms with Crippen molar-refractivity contribution in [1.29, 1.82) is 0 Å². The molecule has 0 unspecified atom stereocenters. The van der Waals surface area contributed by atoms with Gasteiger partial charge in [0.1, 0.15) is 0 Å². The molecular formula is C9H12N2O3. The van der Waals surface area contributed by atoms with Crippen LogP contribution in [0.3, 0.4) is 0 Å². The lowest BCUT2D eigenvalue weighted by Crippen LogP contribution is -2.11. The summed E-state index contributed by atoms with van der Waals surface area (Å²) in [5.74, 6) is 0. The molecule has 1 atom stereocenters. The fraction of sp³-hybridized carbons (Fsp3) is 0.333. The highest BCUT2D eigenvalue weighted by Gasteiger charge is 2.12. The number of aryl methyl sites for hydroxylation is 1. The molecule has 0 saturated heterocycles. The van der Waals surface area contributed by atoms with Crippen molar-refractivity contribution in [2.75, 3.05) is 6.54 Å². The van der Waals surface area contributed by atoms with Gasteiger partial charge < -0.3 is 10.8 Å². The van der Waals surface area contributed by atoms with E-state index >= 15 is 0 Å². The molecule has 0 amide bonds. The standard InChI is InChI=1S/C9H12N2O3/c1-6-4-7(9(12)5-10)2-3-8(6)11(13)14/h2-4,9,12H,5,10H2,1H3/t9-/m1/s1. The van der Waals surface area contributed by atoms with Gasteiger partial charge in [-0.25, -0.2) is 0 Å². The Balaban J connectivity index is 3.06. The minimum atomic E-state index is -0.755. The quantitative estimate of drug-likeness (QED) is 0.555. The molecule has 0 aliphatic heterocycles. The van der Waals surface area contributed by atoms with Crippen LogP contribution in [0.25, 0.3) is 0 Å². The molecule has 0 heterocycles. The molecule has 0 aromatic heterocycles. The van der Waals surface area contributed by atoms with Gasteiger partial charge in [0.15, 0.2) is 0 Å². The van der Waals surface area contributed by atoms with E-state index in [1.54, 1.807) is 13.0 Å². The second-order valence-electron chi connectivity index (χ2n) is 3.05. The summed E-state index contributed by atoms with van der Waals surface area (Å²) in [5.41, 5.74) is 6.46. The SMILES string of the molecule is Cc1cc([C@H](O)CN)ccc1[N+](=O)[O-]. The molecule has 0 radical (unpaired) electrons. The number of hydrogen-bond acceptors (Lipinski definition) is 4. The van der Waals surface area contributed by atoms with Crippen LogP contribution >= 0.6 is 0 Å². The number of nitro groups is 1. The number of benzene rings is 1. The van der Waals surface area contributed by atoms with Gasteiger partial charge in [0.2, 0.25) is 0 Å². The first-order valence-electron chi connectivity index (χ1n) is 4.19. The molecule has 5 nitrogen and oxygen atoms in total. The molecule has 0 bridgehead atoms. The van der Waals surface area contributed by atoms with Crippen molar-refractivity contribution in [1.82, 2.24) is 0 Å². The Morgan fingerprint density at radius 1 is 1.64 bits per heavy atom. The maximum Gasteiger partial charge on any atom is 0.272 e. The van der Waals surface area contributed by atoms with E-state index in [4.69, 9.17) is 5.73 Å². The smallest absolute Gasteiger partial charge is 0.272 e. The Kier molecular flexibility index (Phi) is 3.16. The summed E-state index contributed by atoms with van der Waals surface area (Å²) in [6, 6.07) is 4.47. The third-order valence-electron chi connectivity index (χ3n) is 2.03. The van der Waals surface area contributed by atoms with Crippen molar-refractivity contribution < 1.29 is 10.0 Å². The first-order valence-corrected chi connectivity index (χ1v) is 4.19. The number of nitro benzene ring substituents is 1. The van der Waals surface area contributed by atoms with Gasteiger partial charge in [-0.3, -0.25) is 10.1 Å². The first-order chi connectivity index (χ1) is 6.56. The lowest BCUT2D eigenvalue weighted by atomic mass is 10.1. The molecule has 1 aromatic carbocycles. The monoisotopic (exact) mass is 196 g/mol. The van der Waals surface area contributed by atoms with Crippen LogP contribution in [0.2, 0.25) is 0 Å². The van der Waals surface area contributed by atoms with Crippen LogP contribution in [0.5, 0.6) is 0 Å². The van der Waals surface area contributed by atoms with Crippen molar-refractivity contribution in [3.8, 4) is 0 Å². The van der Waals surface area contributed by atoms with E-state index in [0.717, 1.165) is 0 Å². The summed E-state index contributed by atoms with van der Waals surface area (Å²) < 4.78 is 0. The van der Waals surface area contributed by atoms with E-state index in [-0.39, 0.29) is 12.2 Å². The number of aliphatic hydroxyl groups is 1. The van der Waals surface area contributed by atoms with Gasteiger partial charge in [0.05, 0.1) is 11.0 Å². The number of nitrogens with two attached hydrogens (primary N) is 1. The Bertz CT molecular complexity index is 352. The first kappa shape index (κ1) is 10.6. The summed E-state index contributed by atoms with van der Waals surface area (Å²) >= 11 is 0. The van der Waals surface area contributed by atoms with Crippen molar-refractivity contribution in [2.45, 2.75) is 13.0 Å². The molecule has 0 aliphatic carbocycles. The van der Waals surface area contributed by atoms with E-state index < -0.39 is 11.0 Å². The molecule has 0 saturated carbocycles. The van der Waals surface area contributed by atoms with Gasteiger partial charge in [-0.1, -0.05) is 0 Å². The van der Waals surface area contributed by atoms with Gasteiger partial charge in [-0.05, 0) is 24.6 Å². The third kappa shape index (κ3) is 2.07. The van der Waals surface area contributed by atoms with E-state index in [0.29, 0.717) is 11.1 Å². The molecule has 0 aliphatic rings. The highest BCUT2D eigenvalue weighted by Crippen LogP contribution is 2.21. The van der Waals surface area contributed by atoms with E-state index in [1.165, 1.54) is 12.1 Å². The third-order valence-corrected chi connectivity index (χ3v) is 2.03. The average molecular weight is 196 g/mol. The summed E-state index contributed by atoms with van der Waals surface area (Å²) in [6.07, 6.45) is -0.755. The summed E-state index contributed by atoms with van der Waals surface area (Å²) in [7, 11) is 0. The minimum absolute atomic E-state index is 0.0537. The van der Waals surface area contributed by atoms with E-state index in [2.05, 4.69) is 0 Å². The predicted molar refractivity (Wildman–Crippen MR) is 51.8 cm³/mol. The topological polar surface area (TPSA) is 89.4 Å². The normalized spacial score (nSPS) is 12.5. The van der Waals surface area contributed by atoms with Crippen molar-refractivity contribution in [2.24, 2.45) is 5.73 Å². The van der Waals surface area contributed by atoms with Crippen LogP contribution in [0, 0.1) is 17.0 Å². The maximum absolute atomic E-state index is 10.5. The summed E-state index contributed by atoms with van der Waals surface area (Å²) in [4.78, 5) is 10.0.